The molecule has 2 spiro atoms. The van der Waals surface area contributed by atoms with Crippen LogP contribution in [0, 0.1) is 29.1 Å². The highest BCUT2D eigenvalue weighted by Crippen LogP contribution is 2.94. The van der Waals surface area contributed by atoms with Gasteiger partial charge in [0, 0.05) is 33.0 Å². The molecule has 0 saturated heterocycles. The van der Waals surface area contributed by atoms with Crippen molar-refractivity contribution < 1.29 is 4.42 Å². The van der Waals surface area contributed by atoms with Crippen molar-refractivity contribution >= 4 is 49.8 Å². The van der Waals surface area contributed by atoms with Crippen LogP contribution in [0.2, 0.25) is 0 Å². The Balaban J connectivity index is 0.892. The lowest BCUT2D eigenvalue weighted by molar-refractivity contribution is -0.412. The van der Waals surface area contributed by atoms with E-state index in [1.807, 2.05) is 0 Å². The van der Waals surface area contributed by atoms with E-state index in [1.165, 1.54) is 129 Å². The molecular formula is C67H53NO. The number of fused-ring (bicyclic) bond motifs is 11. The minimum absolute atomic E-state index is 0.153. The summed E-state index contributed by atoms with van der Waals surface area (Å²) in [5, 5.41) is 5.05. The van der Waals surface area contributed by atoms with Crippen LogP contribution in [0.15, 0.2) is 199 Å². The SMILES string of the molecule is c1ccc(N(c2ccc(-c3cccc4oc5ccccc5c34)cc2)c2ccccc2-c2cccc3cccc(C4CCCCC4)c23)c(-c2ccc3c(c2)C2(c4ccccc4-3)C3CC4CC5CC2C453)c1. The van der Waals surface area contributed by atoms with E-state index in [1.54, 1.807) is 11.1 Å². The molecule has 10 aromatic rings. The van der Waals surface area contributed by atoms with E-state index in [4.69, 9.17) is 4.42 Å². The molecule has 0 bridgehead atoms. The highest BCUT2D eigenvalue weighted by molar-refractivity contribution is 6.12. The van der Waals surface area contributed by atoms with Crippen LogP contribution in [0.5, 0.6) is 0 Å². The Hall–Kier alpha value is -7.16. The molecule has 1 aromatic heterocycles. The maximum Gasteiger partial charge on any atom is 0.136 e. The third-order valence-electron chi connectivity index (χ3n) is 19.2. The lowest BCUT2D eigenvalue weighted by Crippen LogP contribution is -2.88. The molecule has 2 nitrogen and oxygen atoms in total. The second kappa shape index (κ2) is 14.2. The molecular weight excluding hydrogens is 835 g/mol. The Morgan fingerprint density at radius 2 is 1.06 bits per heavy atom. The first-order chi connectivity index (χ1) is 34.2. The maximum atomic E-state index is 6.38. The fourth-order valence-corrected chi connectivity index (χ4v) is 16.5. The fourth-order valence-electron chi connectivity index (χ4n) is 16.5. The molecule has 16 rings (SSSR count). The average Bonchev–Trinajstić information content (AvgIpc) is 3.93. The Kier molecular flexibility index (Phi) is 7.98. The van der Waals surface area contributed by atoms with E-state index < -0.39 is 0 Å². The van der Waals surface area contributed by atoms with Gasteiger partial charge in [-0.1, -0.05) is 171 Å². The molecule has 0 radical (unpaired) electrons. The van der Waals surface area contributed by atoms with E-state index in [0.29, 0.717) is 11.3 Å². The molecule has 2 heteroatoms. The first kappa shape index (κ1) is 38.8. The molecule has 9 aromatic carbocycles. The van der Waals surface area contributed by atoms with Gasteiger partial charge >= 0.3 is 0 Å². The second-order valence-corrected chi connectivity index (χ2v) is 21.7. The van der Waals surface area contributed by atoms with Gasteiger partial charge in [-0.25, -0.2) is 0 Å². The molecule has 332 valence electrons. The largest absolute Gasteiger partial charge is 0.456 e. The van der Waals surface area contributed by atoms with Crippen LogP contribution in [-0.4, -0.2) is 0 Å². The second-order valence-electron chi connectivity index (χ2n) is 21.7. The summed E-state index contributed by atoms with van der Waals surface area (Å²) >= 11 is 0. The fraction of sp³-hybridized carbons (Fsp3) is 0.224. The van der Waals surface area contributed by atoms with E-state index in [0.717, 1.165) is 45.9 Å². The van der Waals surface area contributed by atoms with Crippen LogP contribution in [0.1, 0.15) is 74.0 Å². The number of para-hydroxylation sites is 3. The average molecular weight is 888 g/mol. The Labute approximate surface area is 404 Å². The third-order valence-corrected chi connectivity index (χ3v) is 19.2. The molecule has 6 aliphatic carbocycles. The van der Waals surface area contributed by atoms with Gasteiger partial charge in [0.15, 0.2) is 0 Å². The molecule has 69 heavy (non-hydrogen) atoms. The summed E-state index contributed by atoms with van der Waals surface area (Å²) in [5.74, 6) is 4.10. The van der Waals surface area contributed by atoms with Crippen molar-refractivity contribution in [3.8, 4) is 44.5 Å². The van der Waals surface area contributed by atoms with Crippen molar-refractivity contribution in [2.45, 2.75) is 62.7 Å². The minimum atomic E-state index is 0.153. The van der Waals surface area contributed by atoms with Gasteiger partial charge in [-0.15, -0.1) is 0 Å². The lowest BCUT2D eigenvalue weighted by atomic mass is 9.11. The molecule has 1 heterocycles. The van der Waals surface area contributed by atoms with Gasteiger partial charge in [-0.3, -0.25) is 0 Å². The molecule has 0 N–H and O–H groups in total. The van der Waals surface area contributed by atoms with Crippen LogP contribution in [-0.2, 0) is 5.41 Å². The third kappa shape index (κ3) is 4.97. The molecule has 0 amide bonds. The molecule has 5 saturated carbocycles. The summed E-state index contributed by atoms with van der Waals surface area (Å²) < 4.78 is 6.38. The molecule has 6 aliphatic rings. The van der Waals surface area contributed by atoms with Crippen molar-refractivity contribution in [2.75, 3.05) is 4.90 Å². The van der Waals surface area contributed by atoms with Gasteiger partial charge in [0.05, 0.1) is 11.4 Å². The number of anilines is 3. The number of furan rings is 1. The van der Waals surface area contributed by atoms with E-state index in [2.05, 4.69) is 199 Å². The van der Waals surface area contributed by atoms with Crippen molar-refractivity contribution in [1.29, 1.82) is 0 Å². The predicted octanol–water partition coefficient (Wildman–Crippen LogP) is 18.2. The van der Waals surface area contributed by atoms with Gasteiger partial charge in [0.2, 0.25) is 0 Å². The molecule has 0 aliphatic heterocycles. The number of nitrogens with zero attached hydrogens (tertiary/aromatic N) is 1. The van der Waals surface area contributed by atoms with E-state index >= 15 is 0 Å². The zero-order valence-corrected chi connectivity index (χ0v) is 38.9. The van der Waals surface area contributed by atoms with Crippen molar-refractivity contribution in [3.63, 3.8) is 0 Å². The first-order valence-corrected chi connectivity index (χ1v) is 26.0. The Morgan fingerprint density at radius 3 is 1.87 bits per heavy atom. The summed E-state index contributed by atoms with van der Waals surface area (Å²) in [6, 6.07) is 73.8. The maximum absolute atomic E-state index is 6.38. The zero-order valence-electron chi connectivity index (χ0n) is 38.9. The number of benzene rings is 9. The highest BCUT2D eigenvalue weighted by Gasteiger charge is 2.90. The van der Waals surface area contributed by atoms with Gasteiger partial charge in [-0.05, 0) is 170 Å². The standard InChI is InChI=1S/C67H53NO/c1-2-15-41(16-3-1)49-23-12-17-43-18-13-25-54(64(43)49)53-21-6-10-28-59(53)68(47-34-31-42(32-35-47)50-24-14-30-61-65(50)55-22-7-11-29-60(55)69-61)58-27-9-5-19-48(58)44-33-36-52-51-20-4-8-26-56(51)67(57(52)37-44)62-39-45-38-46-40-63(67)66(45,46)62/h4-14,17-37,41,45-46,62-63H,1-3,15-16,38-40H2. The highest BCUT2D eigenvalue weighted by atomic mass is 16.3. The number of hydrogen-bond donors (Lipinski definition) is 0. The van der Waals surface area contributed by atoms with Crippen LogP contribution in [0.25, 0.3) is 77.2 Å². The summed E-state index contributed by atoms with van der Waals surface area (Å²) in [7, 11) is 0. The van der Waals surface area contributed by atoms with Crippen molar-refractivity contribution in [1.82, 2.24) is 0 Å². The van der Waals surface area contributed by atoms with Gasteiger partial charge in [0.25, 0.3) is 0 Å². The Bertz CT molecular complexity index is 3730. The van der Waals surface area contributed by atoms with Gasteiger partial charge in [0.1, 0.15) is 11.2 Å². The number of hydrogen-bond acceptors (Lipinski definition) is 2. The normalized spacial score (nSPS) is 24.7. The molecule has 4 atom stereocenters. The van der Waals surface area contributed by atoms with E-state index in [-0.39, 0.29) is 5.41 Å². The molecule has 5 fully saturated rings. The zero-order chi connectivity index (χ0) is 45.0. The summed E-state index contributed by atoms with van der Waals surface area (Å²) in [5.41, 5.74) is 21.3. The quantitative estimate of drug-likeness (QED) is 0.159. The van der Waals surface area contributed by atoms with Crippen LogP contribution >= 0.6 is 0 Å². The van der Waals surface area contributed by atoms with Crippen LogP contribution < -0.4 is 4.90 Å². The summed E-state index contributed by atoms with van der Waals surface area (Å²) in [4.78, 5) is 2.57. The predicted molar refractivity (Wildman–Crippen MR) is 285 cm³/mol. The lowest BCUT2D eigenvalue weighted by Gasteiger charge is -2.92. The summed E-state index contributed by atoms with van der Waals surface area (Å²) in [6.45, 7) is 0. The van der Waals surface area contributed by atoms with Crippen molar-refractivity contribution in [3.05, 3.63) is 211 Å². The van der Waals surface area contributed by atoms with Crippen LogP contribution in [0.3, 0.4) is 0 Å². The van der Waals surface area contributed by atoms with Crippen molar-refractivity contribution in [2.24, 2.45) is 29.1 Å². The first-order valence-electron chi connectivity index (χ1n) is 26.0. The Morgan fingerprint density at radius 1 is 0.435 bits per heavy atom. The number of rotatable bonds is 7. The minimum Gasteiger partial charge on any atom is -0.456 e. The van der Waals surface area contributed by atoms with Crippen LogP contribution in [0.4, 0.5) is 17.1 Å². The monoisotopic (exact) mass is 887 g/mol. The van der Waals surface area contributed by atoms with Gasteiger partial charge in [-0.2, -0.15) is 0 Å². The topological polar surface area (TPSA) is 16.4 Å². The smallest absolute Gasteiger partial charge is 0.136 e. The van der Waals surface area contributed by atoms with E-state index in [9.17, 15) is 0 Å². The van der Waals surface area contributed by atoms with Gasteiger partial charge < -0.3 is 9.32 Å². The molecule has 4 unspecified atom stereocenters. The summed E-state index contributed by atoms with van der Waals surface area (Å²) in [6.07, 6.45) is 10.8.